The lowest BCUT2D eigenvalue weighted by atomic mass is 10.0. The summed E-state index contributed by atoms with van der Waals surface area (Å²) in [4.78, 5) is 4.29. The molecule has 2 aromatic rings. The number of aromatic nitrogens is 3. The predicted molar refractivity (Wildman–Crippen MR) is 81.8 cm³/mol. The molecule has 1 heterocycles. The first kappa shape index (κ1) is 15.9. The van der Waals surface area contributed by atoms with E-state index >= 15 is 0 Å². The molecule has 0 radical (unpaired) electrons. The molecule has 4 nitrogen and oxygen atoms in total. The SMILES string of the molecule is CNC(Cc1ncnn1CC(C)C)c1cccc(Cl)c1F. The summed E-state index contributed by atoms with van der Waals surface area (Å²) in [5.41, 5.74) is 0.545. The van der Waals surface area contributed by atoms with E-state index in [4.69, 9.17) is 11.6 Å². The molecule has 0 spiro atoms. The van der Waals surface area contributed by atoms with Crippen LogP contribution in [-0.2, 0) is 13.0 Å². The molecule has 1 N–H and O–H groups in total. The largest absolute Gasteiger partial charge is 0.313 e. The molecule has 21 heavy (non-hydrogen) atoms. The van der Waals surface area contributed by atoms with Gasteiger partial charge >= 0.3 is 0 Å². The highest BCUT2D eigenvalue weighted by Crippen LogP contribution is 2.25. The minimum atomic E-state index is -0.381. The Kier molecular flexibility index (Phi) is 5.31. The Morgan fingerprint density at radius 2 is 2.14 bits per heavy atom. The van der Waals surface area contributed by atoms with Gasteiger partial charge in [-0.15, -0.1) is 0 Å². The molecular weight excluding hydrogens is 291 g/mol. The summed E-state index contributed by atoms with van der Waals surface area (Å²) in [6.45, 7) is 5.04. The summed E-state index contributed by atoms with van der Waals surface area (Å²) in [6.07, 6.45) is 2.10. The molecule has 0 bridgehead atoms. The van der Waals surface area contributed by atoms with Crippen LogP contribution in [-0.4, -0.2) is 21.8 Å². The van der Waals surface area contributed by atoms with E-state index in [1.807, 2.05) is 4.68 Å². The van der Waals surface area contributed by atoms with E-state index in [1.165, 1.54) is 0 Å². The maximum Gasteiger partial charge on any atom is 0.146 e. The smallest absolute Gasteiger partial charge is 0.146 e. The van der Waals surface area contributed by atoms with Gasteiger partial charge in [0.05, 0.1) is 5.02 Å². The maximum absolute atomic E-state index is 14.2. The molecule has 0 aliphatic heterocycles. The summed E-state index contributed by atoms with van der Waals surface area (Å²) >= 11 is 5.86. The summed E-state index contributed by atoms with van der Waals surface area (Å²) in [5.74, 6) is 0.928. The van der Waals surface area contributed by atoms with Crippen molar-refractivity contribution >= 4 is 11.6 Å². The average Bonchev–Trinajstić information content (AvgIpc) is 2.86. The van der Waals surface area contributed by atoms with Crippen LogP contribution < -0.4 is 5.32 Å². The van der Waals surface area contributed by atoms with Gasteiger partial charge in [-0.25, -0.2) is 14.1 Å². The van der Waals surface area contributed by atoms with Crippen molar-refractivity contribution in [1.82, 2.24) is 20.1 Å². The Balaban J connectivity index is 2.24. The number of likely N-dealkylation sites (N-methyl/N-ethyl adjacent to an activating group) is 1. The number of halogens is 2. The van der Waals surface area contributed by atoms with E-state index in [9.17, 15) is 4.39 Å². The number of benzene rings is 1. The van der Waals surface area contributed by atoms with Gasteiger partial charge in [-0.1, -0.05) is 37.6 Å². The summed E-state index contributed by atoms with van der Waals surface area (Å²) in [5, 5.41) is 7.50. The zero-order valence-electron chi connectivity index (χ0n) is 12.5. The van der Waals surface area contributed by atoms with Gasteiger partial charge in [0.25, 0.3) is 0 Å². The van der Waals surface area contributed by atoms with Crippen LogP contribution in [0.3, 0.4) is 0 Å². The topological polar surface area (TPSA) is 42.7 Å². The fourth-order valence-electron chi connectivity index (χ4n) is 2.28. The number of hydrogen-bond acceptors (Lipinski definition) is 3. The normalized spacial score (nSPS) is 12.9. The van der Waals surface area contributed by atoms with Crippen LogP contribution in [0.4, 0.5) is 4.39 Å². The van der Waals surface area contributed by atoms with Crippen molar-refractivity contribution < 1.29 is 4.39 Å². The summed E-state index contributed by atoms with van der Waals surface area (Å²) < 4.78 is 16.0. The van der Waals surface area contributed by atoms with Crippen molar-refractivity contribution in [2.24, 2.45) is 5.92 Å². The van der Waals surface area contributed by atoms with Gasteiger partial charge in [0, 0.05) is 24.6 Å². The Morgan fingerprint density at radius 1 is 1.38 bits per heavy atom. The van der Waals surface area contributed by atoms with Gasteiger partial charge < -0.3 is 5.32 Å². The lowest BCUT2D eigenvalue weighted by Crippen LogP contribution is -2.23. The Morgan fingerprint density at radius 3 is 2.81 bits per heavy atom. The molecule has 114 valence electrons. The van der Waals surface area contributed by atoms with Crippen molar-refractivity contribution in [3.8, 4) is 0 Å². The summed E-state index contributed by atoms with van der Waals surface area (Å²) in [6, 6.07) is 4.85. The zero-order valence-corrected chi connectivity index (χ0v) is 13.2. The van der Waals surface area contributed by atoms with Gasteiger partial charge in [-0.05, 0) is 19.0 Å². The van der Waals surface area contributed by atoms with Crippen LogP contribution in [0.25, 0.3) is 0 Å². The molecule has 0 aliphatic rings. The number of nitrogens with zero attached hydrogens (tertiary/aromatic N) is 3. The van der Waals surface area contributed by atoms with Gasteiger partial charge in [0.15, 0.2) is 0 Å². The Hall–Kier alpha value is -1.46. The molecule has 6 heteroatoms. The van der Waals surface area contributed by atoms with E-state index in [-0.39, 0.29) is 16.9 Å². The van der Waals surface area contributed by atoms with Crippen LogP contribution in [0, 0.1) is 11.7 Å². The molecule has 0 aliphatic carbocycles. The summed E-state index contributed by atoms with van der Waals surface area (Å²) in [7, 11) is 1.80. The van der Waals surface area contributed by atoms with Crippen LogP contribution >= 0.6 is 11.6 Å². The minimum Gasteiger partial charge on any atom is -0.313 e. The Bertz CT molecular complexity index is 597. The number of rotatable bonds is 6. The second-order valence-electron chi connectivity index (χ2n) is 5.44. The molecule has 1 atom stereocenters. The predicted octanol–water partition coefficient (Wildman–Crippen LogP) is 3.23. The highest BCUT2D eigenvalue weighted by Gasteiger charge is 2.19. The van der Waals surface area contributed by atoms with Crippen LogP contribution in [0.15, 0.2) is 24.5 Å². The van der Waals surface area contributed by atoms with Gasteiger partial charge in [-0.3, -0.25) is 0 Å². The third kappa shape index (κ3) is 3.80. The maximum atomic E-state index is 14.2. The van der Waals surface area contributed by atoms with E-state index in [1.54, 1.807) is 31.6 Å². The molecule has 0 saturated carbocycles. The first-order valence-electron chi connectivity index (χ1n) is 7.00. The van der Waals surface area contributed by atoms with Gasteiger partial charge in [-0.2, -0.15) is 5.10 Å². The molecule has 2 rings (SSSR count). The molecule has 0 amide bonds. The van der Waals surface area contributed by atoms with Crippen LogP contribution in [0.5, 0.6) is 0 Å². The number of nitrogens with one attached hydrogen (secondary N) is 1. The highest BCUT2D eigenvalue weighted by atomic mass is 35.5. The van der Waals surface area contributed by atoms with Crippen molar-refractivity contribution in [3.63, 3.8) is 0 Å². The molecule has 1 aromatic heterocycles. The van der Waals surface area contributed by atoms with Gasteiger partial charge in [0.1, 0.15) is 18.0 Å². The first-order chi connectivity index (χ1) is 10.0. The van der Waals surface area contributed by atoms with Crippen LogP contribution in [0.1, 0.15) is 31.3 Å². The minimum absolute atomic E-state index is 0.136. The molecule has 0 fully saturated rings. The monoisotopic (exact) mass is 310 g/mol. The van der Waals surface area contributed by atoms with E-state index < -0.39 is 0 Å². The fraction of sp³-hybridized carbons (Fsp3) is 0.467. The fourth-order valence-corrected chi connectivity index (χ4v) is 2.47. The second kappa shape index (κ2) is 7.00. The second-order valence-corrected chi connectivity index (χ2v) is 5.85. The molecule has 1 aromatic carbocycles. The van der Waals surface area contributed by atoms with E-state index in [0.717, 1.165) is 12.4 Å². The molecule has 1 unspecified atom stereocenters. The molecule has 0 saturated heterocycles. The average molecular weight is 311 g/mol. The van der Waals surface area contributed by atoms with Crippen molar-refractivity contribution in [2.45, 2.75) is 32.9 Å². The van der Waals surface area contributed by atoms with Gasteiger partial charge in [0.2, 0.25) is 0 Å². The van der Waals surface area contributed by atoms with Crippen LogP contribution in [0.2, 0.25) is 5.02 Å². The third-order valence-corrected chi connectivity index (χ3v) is 3.62. The lowest BCUT2D eigenvalue weighted by Gasteiger charge is -2.18. The van der Waals surface area contributed by atoms with Crippen molar-refractivity contribution in [2.75, 3.05) is 7.05 Å². The van der Waals surface area contributed by atoms with E-state index in [0.29, 0.717) is 17.9 Å². The Labute approximate surface area is 129 Å². The standard InChI is InChI=1S/C15H20ClFN4/c1-10(2)8-21-14(19-9-20-21)7-13(18-3)11-5-4-6-12(16)15(11)17/h4-6,9-10,13,18H,7-8H2,1-3H3. The molecular formula is C15H20ClFN4. The zero-order chi connectivity index (χ0) is 15.4. The third-order valence-electron chi connectivity index (χ3n) is 3.33. The lowest BCUT2D eigenvalue weighted by molar-refractivity contribution is 0.447. The highest BCUT2D eigenvalue weighted by molar-refractivity contribution is 6.30. The quantitative estimate of drug-likeness (QED) is 0.891. The van der Waals surface area contributed by atoms with E-state index in [2.05, 4.69) is 29.2 Å². The first-order valence-corrected chi connectivity index (χ1v) is 7.38. The van der Waals surface area contributed by atoms with Crippen molar-refractivity contribution in [3.05, 3.63) is 46.8 Å². The van der Waals surface area contributed by atoms with Crippen molar-refractivity contribution in [1.29, 1.82) is 0 Å². The number of hydrogen-bond donors (Lipinski definition) is 1.